The zero-order valence-electron chi connectivity index (χ0n) is 33.8. The number of furan rings is 1. The molecule has 0 amide bonds. The molecule has 0 atom stereocenters. The molecule has 5 heteroatoms. The molecule has 3 nitrogen and oxygen atoms in total. The highest BCUT2D eigenvalue weighted by Gasteiger charge is 2.44. The minimum Gasteiger partial charge on any atom is -0.456 e. The molecule has 0 radical (unpaired) electrons. The van der Waals surface area contributed by atoms with E-state index in [4.69, 9.17) is 4.42 Å². The molecule has 10 aromatic rings. The summed E-state index contributed by atoms with van der Waals surface area (Å²) in [5, 5.41) is 5.00. The van der Waals surface area contributed by atoms with Crippen LogP contribution in [-0.2, 0) is 17.4 Å². The van der Waals surface area contributed by atoms with E-state index in [1.165, 1.54) is 97.8 Å². The van der Waals surface area contributed by atoms with E-state index in [1.807, 2.05) is 11.3 Å². The Hall–Kier alpha value is -6.04. The van der Waals surface area contributed by atoms with Crippen molar-refractivity contribution in [3.05, 3.63) is 156 Å². The van der Waals surface area contributed by atoms with Crippen LogP contribution in [0.3, 0.4) is 0 Å². The second-order valence-corrected chi connectivity index (χ2v) is 19.6. The van der Waals surface area contributed by atoms with Crippen molar-refractivity contribution in [2.75, 3.05) is 4.90 Å². The molecule has 0 saturated carbocycles. The Kier molecular flexibility index (Phi) is 6.91. The van der Waals surface area contributed by atoms with Crippen LogP contribution in [0, 0.1) is 0 Å². The number of benzene rings is 7. The lowest BCUT2D eigenvalue weighted by Gasteiger charge is -2.42. The van der Waals surface area contributed by atoms with Crippen molar-refractivity contribution < 1.29 is 4.42 Å². The zero-order chi connectivity index (χ0) is 39.2. The molecule has 2 aliphatic rings. The smallest absolute Gasteiger partial charge is 0.333 e. The van der Waals surface area contributed by atoms with Crippen molar-refractivity contribution in [3.8, 4) is 22.3 Å². The molecule has 0 saturated heterocycles. The van der Waals surface area contributed by atoms with Crippen molar-refractivity contribution >= 4 is 93.6 Å². The third kappa shape index (κ3) is 4.68. The molecule has 12 rings (SSSR count). The molecule has 0 spiro atoms. The molecule has 7 aromatic carbocycles. The van der Waals surface area contributed by atoms with Gasteiger partial charge in [0.05, 0.1) is 21.3 Å². The summed E-state index contributed by atoms with van der Waals surface area (Å²) in [6.07, 6.45) is 0. The zero-order valence-corrected chi connectivity index (χ0v) is 34.6. The average molecular weight is 767 g/mol. The summed E-state index contributed by atoms with van der Waals surface area (Å²) < 4.78 is 12.1. The van der Waals surface area contributed by atoms with Gasteiger partial charge in [0, 0.05) is 44.2 Å². The van der Waals surface area contributed by atoms with Crippen LogP contribution < -0.4 is 15.8 Å². The summed E-state index contributed by atoms with van der Waals surface area (Å²) in [5.41, 5.74) is 18.8. The molecule has 3 aromatic heterocycles. The highest BCUT2D eigenvalue weighted by molar-refractivity contribution is 7.27. The number of rotatable bonds is 3. The Bertz CT molecular complexity index is 3350. The van der Waals surface area contributed by atoms with Crippen molar-refractivity contribution in [1.82, 2.24) is 4.48 Å². The van der Waals surface area contributed by atoms with Gasteiger partial charge in [-0.25, -0.2) is 0 Å². The molecule has 5 heterocycles. The number of para-hydroxylation sites is 2. The number of hydrogen-bond acceptors (Lipinski definition) is 3. The highest BCUT2D eigenvalue weighted by Crippen LogP contribution is 2.50. The maximum atomic E-state index is 6.72. The van der Waals surface area contributed by atoms with Gasteiger partial charge in [-0.15, -0.1) is 11.3 Å². The topological polar surface area (TPSA) is 21.3 Å². The van der Waals surface area contributed by atoms with Crippen molar-refractivity contribution in [1.29, 1.82) is 0 Å². The van der Waals surface area contributed by atoms with Gasteiger partial charge in [-0.1, -0.05) is 157 Å². The Morgan fingerprint density at radius 3 is 2.12 bits per heavy atom. The average Bonchev–Trinajstić information content (AvgIpc) is 3.89. The van der Waals surface area contributed by atoms with Gasteiger partial charge in [0.2, 0.25) is 0 Å². The van der Waals surface area contributed by atoms with Gasteiger partial charge in [0.15, 0.2) is 0 Å². The van der Waals surface area contributed by atoms with Gasteiger partial charge >= 0.3 is 6.85 Å². The van der Waals surface area contributed by atoms with E-state index in [1.54, 1.807) is 0 Å². The molecule has 0 bridgehead atoms. The molecule has 2 aliphatic heterocycles. The standard InChI is InChI=1S/C53H43BN2OS/c1-52(2,3)33-24-23-32(39(27-33)31-15-8-7-9-16-31)30-55-42-29-34(53(4,5)6)28-40-35-19-14-20-38-48(35)56(49-37-18-11-13-22-45(37)58-51(38)49)54(47(40)42)41-25-26-44-46(50(41)55)36-17-10-12-21-43(36)57-44/h7-29H,30H2,1-6H3. The van der Waals surface area contributed by atoms with Crippen LogP contribution in [0.1, 0.15) is 58.2 Å². The summed E-state index contributed by atoms with van der Waals surface area (Å²) in [6, 6.07) is 52.4. The first kappa shape index (κ1) is 34.0. The van der Waals surface area contributed by atoms with Gasteiger partial charge in [0.1, 0.15) is 11.2 Å². The Balaban J connectivity index is 1.24. The van der Waals surface area contributed by atoms with Crippen LogP contribution in [0.4, 0.5) is 11.4 Å². The van der Waals surface area contributed by atoms with Crippen LogP contribution in [-0.4, -0.2) is 11.3 Å². The molecule has 0 N–H and O–H groups in total. The number of fused-ring (bicyclic) bond motifs is 13. The molecule has 280 valence electrons. The SMILES string of the molecule is CC(C)(C)c1ccc(CN2c3cc(C(C)(C)C)cc4c3B(c3ccc5oc6ccccc6c5c32)n2c3c-4cccc3c3sc4ccccc4c32)c(-c2ccccc2)c1. The third-order valence-electron chi connectivity index (χ3n) is 13.0. The maximum absolute atomic E-state index is 6.72. The van der Waals surface area contributed by atoms with Gasteiger partial charge in [0.25, 0.3) is 0 Å². The molecule has 58 heavy (non-hydrogen) atoms. The summed E-state index contributed by atoms with van der Waals surface area (Å²) in [4.78, 5) is 2.67. The van der Waals surface area contributed by atoms with Gasteiger partial charge in [-0.05, 0) is 79.4 Å². The Morgan fingerprint density at radius 2 is 1.31 bits per heavy atom. The summed E-state index contributed by atoms with van der Waals surface area (Å²) >= 11 is 1.93. The number of nitrogens with zero attached hydrogens (tertiary/aromatic N) is 2. The normalized spacial score (nSPS) is 13.7. The first-order chi connectivity index (χ1) is 28.0. The van der Waals surface area contributed by atoms with Gasteiger partial charge in [-0.3, -0.25) is 0 Å². The number of hydrogen-bond donors (Lipinski definition) is 0. The number of anilines is 2. The predicted octanol–water partition coefficient (Wildman–Crippen LogP) is 13.5. The largest absolute Gasteiger partial charge is 0.456 e. The minimum absolute atomic E-state index is 0.0155. The molecule has 0 fully saturated rings. The summed E-state index contributed by atoms with van der Waals surface area (Å²) in [6.45, 7) is 14.7. The third-order valence-corrected chi connectivity index (χ3v) is 14.2. The van der Waals surface area contributed by atoms with E-state index >= 15 is 0 Å². The minimum atomic E-state index is -0.0746. The number of thiophene rings is 1. The lowest BCUT2D eigenvalue weighted by Crippen LogP contribution is -2.57. The van der Waals surface area contributed by atoms with E-state index in [-0.39, 0.29) is 17.7 Å². The van der Waals surface area contributed by atoms with Crippen molar-refractivity contribution in [2.45, 2.75) is 58.9 Å². The summed E-state index contributed by atoms with van der Waals surface area (Å²) in [7, 11) is 0. The van der Waals surface area contributed by atoms with Gasteiger partial charge < -0.3 is 13.8 Å². The van der Waals surface area contributed by atoms with Crippen molar-refractivity contribution in [2.24, 2.45) is 0 Å². The van der Waals surface area contributed by atoms with E-state index in [0.29, 0.717) is 6.54 Å². The lowest BCUT2D eigenvalue weighted by molar-refractivity contribution is 0.590. The molecule has 0 aliphatic carbocycles. The number of aromatic nitrogens is 1. The quantitative estimate of drug-likeness (QED) is 0.167. The fourth-order valence-electron chi connectivity index (χ4n) is 10.1. The predicted molar refractivity (Wildman–Crippen MR) is 250 cm³/mol. The van der Waals surface area contributed by atoms with E-state index < -0.39 is 0 Å². The van der Waals surface area contributed by atoms with E-state index in [0.717, 1.165) is 16.6 Å². The van der Waals surface area contributed by atoms with E-state index in [2.05, 4.69) is 190 Å². The monoisotopic (exact) mass is 766 g/mol. The molecule has 0 unspecified atom stereocenters. The fourth-order valence-corrected chi connectivity index (χ4v) is 11.3. The van der Waals surface area contributed by atoms with Crippen LogP contribution in [0.2, 0.25) is 0 Å². The first-order valence-corrected chi connectivity index (χ1v) is 21.4. The van der Waals surface area contributed by atoms with Gasteiger partial charge in [-0.2, -0.15) is 0 Å². The molecular formula is C53H43BN2OS. The Labute approximate surface area is 343 Å². The second kappa shape index (κ2) is 11.8. The van der Waals surface area contributed by atoms with Crippen molar-refractivity contribution in [3.63, 3.8) is 0 Å². The second-order valence-electron chi connectivity index (χ2n) is 18.5. The summed E-state index contributed by atoms with van der Waals surface area (Å²) in [5.74, 6) is 0. The van der Waals surface area contributed by atoms with Crippen LogP contribution >= 0.6 is 11.3 Å². The lowest BCUT2D eigenvalue weighted by atomic mass is 9.44. The maximum Gasteiger partial charge on any atom is 0.333 e. The fraction of sp³-hybridized carbons (Fsp3) is 0.170. The first-order valence-electron chi connectivity index (χ1n) is 20.6. The molecular weight excluding hydrogens is 723 g/mol. The van der Waals surface area contributed by atoms with Crippen LogP contribution in [0.25, 0.3) is 75.4 Å². The van der Waals surface area contributed by atoms with Crippen LogP contribution in [0.15, 0.2) is 144 Å². The highest BCUT2D eigenvalue weighted by atomic mass is 32.1. The van der Waals surface area contributed by atoms with Crippen LogP contribution in [0.5, 0.6) is 0 Å². The van der Waals surface area contributed by atoms with E-state index in [9.17, 15) is 0 Å². The Morgan fingerprint density at radius 1 is 0.586 bits per heavy atom.